The van der Waals surface area contributed by atoms with Crippen molar-refractivity contribution in [2.45, 2.75) is 23.8 Å². The van der Waals surface area contributed by atoms with E-state index in [-0.39, 0.29) is 24.1 Å². The predicted molar refractivity (Wildman–Crippen MR) is 79.7 cm³/mol. The zero-order valence-corrected chi connectivity index (χ0v) is 13.1. The maximum Gasteiger partial charge on any atom is 0.442 e. The quantitative estimate of drug-likeness (QED) is 0.828. The van der Waals surface area contributed by atoms with Gasteiger partial charge < -0.3 is 10.1 Å². The van der Waals surface area contributed by atoms with Crippen LogP contribution in [0.5, 0.6) is 0 Å². The molecular formula is C15H17F4NO2S. The van der Waals surface area contributed by atoms with Crippen molar-refractivity contribution in [1.29, 1.82) is 0 Å². The topological polar surface area (TPSA) is 38.3 Å². The summed E-state index contributed by atoms with van der Waals surface area (Å²) in [5, 5.41) is 2.55. The largest absolute Gasteiger partial charge is 0.442 e. The van der Waals surface area contributed by atoms with Crippen molar-refractivity contribution in [3.8, 4) is 0 Å². The van der Waals surface area contributed by atoms with E-state index in [1.54, 1.807) is 12.1 Å². The van der Waals surface area contributed by atoms with E-state index in [0.717, 1.165) is 5.56 Å². The van der Waals surface area contributed by atoms with Crippen molar-refractivity contribution in [2.24, 2.45) is 0 Å². The van der Waals surface area contributed by atoms with Gasteiger partial charge in [-0.1, -0.05) is 12.1 Å². The van der Waals surface area contributed by atoms with E-state index in [4.69, 9.17) is 4.74 Å². The summed E-state index contributed by atoms with van der Waals surface area (Å²) in [6, 6.07) is 6.09. The minimum Gasteiger partial charge on any atom is -0.381 e. The number of thioether (sulfide) groups is 1. The molecule has 3 nitrogen and oxygen atoms in total. The van der Waals surface area contributed by atoms with Crippen LogP contribution in [-0.4, -0.2) is 36.9 Å². The van der Waals surface area contributed by atoms with Crippen LogP contribution in [-0.2, 0) is 14.9 Å². The van der Waals surface area contributed by atoms with Crippen molar-refractivity contribution in [3.05, 3.63) is 35.6 Å². The Balaban J connectivity index is 2.03. The predicted octanol–water partition coefficient (Wildman–Crippen LogP) is 3.24. The Morgan fingerprint density at radius 3 is 2.61 bits per heavy atom. The minimum atomic E-state index is -4.43. The molecule has 0 spiro atoms. The number of halogens is 4. The number of amides is 1. The molecule has 1 aromatic rings. The van der Waals surface area contributed by atoms with Gasteiger partial charge in [-0.25, -0.2) is 4.39 Å². The zero-order chi connectivity index (χ0) is 16.9. The Morgan fingerprint density at radius 1 is 1.30 bits per heavy atom. The summed E-state index contributed by atoms with van der Waals surface area (Å²) in [5.74, 6) is -1.75. The molecule has 0 bridgehead atoms. The lowest BCUT2D eigenvalue weighted by Crippen LogP contribution is -2.45. The third-order valence-corrected chi connectivity index (χ3v) is 4.61. The lowest BCUT2D eigenvalue weighted by molar-refractivity contribution is -0.119. The molecule has 1 aliphatic rings. The van der Waals surface area contributed by atoms with E-state index >= 15 is 0 Å². The first kappa shape index (κ1) is 18.1. The third-order valence-electron chi connectivity index (χ3n) is 3.88. The molecule has 0 atom stereocenters. The number of carbonyl (C=O) groups excluding carboxylic acids is 1. The van der Waals surface area contributed by atoms with Gasteiger partial charge in [0, 0.05) is 25.2 Å². The highest BCUT2D eigenvalue weighted by atomic mass is 32.2. The van der Waals surface area contributed by atoms with Gasteiger partial charge in [-0.3, -0.25) is 4.79 Å². The first-order valence-electron chi connectivity index (χ1n) is 7.12. The van der Waals surface area contributed by atoms with E-state index in [2.05, 4.69) is 5.32 Å². The molecule has 1 N–H and O–H groups in total. The molecule has 23 heavy (non-hydrogen) atoms. The summed E-state index contributed by atoms with van der Waals surface area (Å²) in [6.45, 7) is 1.09. The smallest absolute Gasteiger partial charge is 0.381 e. The summed E-state index contributed by atoms with van der Waals surface area (Å²) in [4.78, 5) is 11.6. The van der Waals surface area contributed by atoms with Crippen LogP contribution in [0.15, 0.2) is 24.3 Å². The Bertz CT molecular complexity index is 545. The average molecular weight is 351 g/mol. The fourth-order valence-corrected chi connectivity index (χ4v) is 3.01. The monoisotopic (exact) mass is 351 g/mol. The van der Waals surface area contributed by atoms with Crippen molar-refractivity contribution < 1.29 is 27.1 Å². The van der Waals surface area contributed by atoms with Gasteiger partial charge in [-0.2, -0.15) is 13.2 Å². The maximum atomic E-state index is 13.5. The number of carbonyl (C=O) groups is 1. The first-order chi connectivity index (χ1) is 10.8. The summed E-state index contributed by atoms with van der Waals surface area (Å²) in [7, 11) is 0. The molecule has 1 saturated heterocycles. The molecule has 1 heterocycles. The summed E-state index contributed by atoms with van der Waals surface area (Å²) < 4.78 is 55.2. The normalized spacial score (nSPS) is 17.7. The molecule has 0 aromatic heterocycles. The Hall–Kier alpha value is -1.28. The lowest BCUT2D eigenvalue weighted by atomic mass is 9.74. The van der Waals surface area contributed by atoms with Crippen LogP contribution < -0.4 is 5.32 Å². The van der Waals surface area contributed by atoms with Gasteiger partial charge >= 0.3 is 5.51 Å². The number of benzene rings is 1. The number of hydrogen-bond donors (Lipinski definition) is 1. The summed E-state index contributed by atoms with van der Waals surface area (Å²) >= 11 is -0.371. The van der Waals surface area contributed by atoms with Crippen LogP contribution in [0.3, 0.4) is 0 Å². The molecule has 2 rings (SSSR count). The fraction of sp³-hybridized carbons (Fsp3) is 0.533. The zero-order valence-electron chi connectivity index (χ0n) is 12.3. The van der Waals surface area contributed by atoms with Crippen LogP contribution in [0.4, 0.5) is 17.6 Å². The van der Waals surface area contributed by atoms with E-state index in [9.17, 15) is 22.4 Å². The molecule has 0 radical (unpaired) electrons. The van der Waals surface area contributed by atoms with Crippen LogP contribution in [0, 0.1) is 5.82 Å². The highest BCUT2D eigenvalue weighted by Gasteiger charge is 2.35. The maximum absolute atomic E-state index is 13.5. The second kappa shape index (κ2) is 7.53. The van der Waals surface area contributed by atoms with Crippen molar-refractivity contribution in [1.82, 2.24) is 5.32 Å². The van der Waals surface area contributed by atoms with Gasteiger partial charge in [0.25, 0.3) is 0 Å². The molecule has 0 unspecified atom stereocenters. The van der Waals surface area contributed by atoms with Crippen LogP contribution in [0.2, 0.25) is 0 Å². The first-order valence-corrected chi connectivity index (χ1v) is 8.10. The van der Waals surface area contributed by atoms with E-state index in [1.807, 2.05) is 0 Å². The molecule has 1 aliphatic heterocycles. The Kier molecular flexibility index (Phi) is 5.91. The van der Waals surface area contributed by atoms with E-state index < -0.39 is 22.6 Å². The number of ether oxygens (including phenoxy) is 1. The highest BCUT2D eigenvalue weighted by Crippen LogP contribution is 2.35. The molecule has 1 aromatic carbocycles. The standard InChI is InChI=1S/C15H17F4NO2S/c16-12-3-1-2-11(8-12)14(4-6-22-7-5-14)10-20-13(21)9-23-15(17,18)19/h1-3,8H,4-7,9-10H2,(H,20,21). The minimum absolute atomic E-state index is 0.164. The second-order valence-electron chi connectivity index (χ2n) is 5.41. The summed E-state index contributed by atoms with van der Waals surface area (Å²) in [5.41, 5.74) is -4.22. The van der Waals surface area contributed by atoms with Crippen molar-refractivity contribution >= 4 is 17.7 Å². The number of rotatable bonds is 5. The van der Waals surface area contributed by atoms with Crippen molar-refractivity contribution in [3.63, 3.8) is 0 Å². The van der Waals surface area contributed by atoms with Gasteiger partial charge in [0.05, 0.1) is 5.75 Å². The van der Waals surface area contributed by atoms with Crippen molar-refractivity contribution in [2.75, 3.05) is 25.5 Å². The molecule has 1 amide bonds. The van der Waals surface area contributed by atoms with Crippen LogP contribution in [0.1, 0.15) is 18.4 Å². The molecule has 0 saturated carbocycles. The lowest BCUT2D eigenvalue weighted by Gasteiger charge is -2.38. The fourth-order valence-electron chi connectivity index (χ4n) is 2.61. The molecule has 1 fully saturated rings. The average Bonchev–Trinajstić information content (AvgIpc) is 2.51. The number of hydrogen-bond acceptors (Lipinski definition) is 3. The van der Waals surface area contributed by atoms with E-state index in [1.165, 1.54) is 12.1 Å². The second-order valence-corrected chi connectivity index (χ2v) is 6.45. The summed E-state index contributed by atoms with van der Waals surface area (Å²) in [6.07, 6.45) is 1.15. The Morgan fingerprint density at radius 2 is 2.00 bits per heavy atom. The van der Waals surface area contributed by atoms with Crippen LogP contribution >= 0.6 is 11.8 Å². The highest BCUT2D eigenvalue weighted by molar-refractivity contribution is 8.00. The van der Waals surface area contributed by atoms with Gasteiger partial charge in [0.15, 0.2) is 0 Å². The van der Waals surface area contributed by atoms with Gasteiger partial charge in [-0.05, 0) is 42.3 Å². The number of nitrogens with one attached hydrogen (secondary N) is 1. The van der Waals surface area contributed by atoms with Gasteiger partial charge in [0.1, 0.15) is 5.82 Å². The molecule has 0 aliphatic carbocycles. The third kappa shape index (κ3) is 5.39. The molecule has 128 valence electrons. The Labute approximate surface area is 135 Å². The number of alkyl halides is 3. The van der Waals surface area contributed by atoms with Gasteiger partial charge in [-0.15, -0.1) is 0 Å². The van der Waals surface area contributed by atoms with Gasteiger partial charge in [0.2, 0.25) is 5.91 Å². The van der Waals surface area contributed by atoms with Crippen LogP contribution in [0.25, 0.3) is 0 Å². The SMILES string of the molecule is O=C(CSC(F)(F)F)NCC1(c2cccc(F)c2)CCOCC1. The molecular weight excluding hydrogens is 334 g/mol. The van der Waals surface area contributed by atoms with E-state index in [0.29, 0.717) is 26.1 Å². The molecule has 8 heteroatoms.